The van der Waals surface area contributed by atoms with Crippen LogP contribution in [0, 0.1) is 0 Å². The Morgan fingerprint density at radius 1 is 1.28 bits per heavy atom. The Morgan fingerprint density at radius 3 is 2.79 bits per heavy atom. The summed E-state index contributed by atoms with van der Waals surface area (Å²) in [6, 6.07) is 6.84. The van der Waals surface area contributed by atoms with E-state index in [2.05, 4.69) is 11.9 Å². The number of nitrogens with zero attached hydrogens (tertiary/aromatic N) is 1. The second-order valence-electron chi connectivity index (χ2n) is 6.46. The molecule has 1 N–H and O–H groups in total. The number of nitrogens with one attached hydrogen (secondary N) is 1. The minimum atomic E-state index is -0.308. The molecule has 1 fully saturated rings. The lowest BCUT2D eigenvalue weighted by Gasteiger charge is -2.27. The molecule has 3 heterocycles. The Labute approximate surface area is 171 Å². The second kappa shape index (κ2) is 8.10. The summed E-state index contributed by atoms with van der Waals surface area (Å²) in [6.45, 7) is 5.99. The van der Waals surface area contributed by atoms with Crippen LogP contribution in [-0.2, 0) is 9.53 Å². The topological polar surface area (TPSA) is 81.0 Å². The van der Waals surface area contributed by atoms with Gasteiger partial charge in [-0.3, -0.25) is 9.59 Å². The van der Waals surface area contributed by atoms with Crippen molar-refractivity contribution in [3.05, 3.63) is 52.5 Å². The molecular formula is C21H20N2O5S. The van der Waals surface area contributed by atoms with E-state index in [0.717, 1.165) is 11.1 Å². The van der Waals surface area contributed by atoms with Gasteiger partial charge in [0.15, 0.2) is 11.5 Å². The van der Waals surface area contributed by atoms with Crippen molar-refractivity contribution in [1.29, 1.82) is 0 Å². The molecule has 0 bridgehead atoms. The number of amides is 1. The number of fused-ring (bicyclic) bond motifs is 1. The van der Waals surface area contributed by atoms with Crippen LogP contribution in [0.3, 0.4) is 0 Å². The number of methoxy groups -OCH3 is 1. The average molecular weight is 412 g/mol. The van der Waals surface area contributed by atoms with E-state index < -0.39 is 0 Å². The van der Waals surface area contributed by atoms with Crippen LogP contribution in [0.25, 0.3) is 21.4 Å². The van der Waals surface area contributed by atoms with Crippen LogP contribution in [0.1, 0.15) is 0 Å². The molecule has 7 nitrogen and oxygen atoms in total. The number of thiophene rings is 1. The zero-order valence-corrected chi connectivity index (χ0v) is 16.7. The maximum Gasteiger partial charge on any atom is 0.247 e. The summed E-state index contributed by atoms with van der Waals surface area (Å²) in [5.41, 5.74) is 2.48. The number of morpholine rings is 1. The van der Waals surface area contributed by atoms with E-state index in [1.165, 1.54) is 23.5 Å². The van der Waals surface area contributed by atoms with E-state index in [0.29, 0.717) is 53.9 Å². The largest absolute Gasteiger partial charge is 0.496 e. The van der Waals surface area contributed by atoms with Gasteiger partial charge >= 0.3 is 0 Å². The quantitative estimate of drug-likeness (QED) is 0.646. The highest BCUT2D eigenvalue weighted by molar-refractivity contribution is 7.17. The number of anilines is 2. The molecule has 4 rings (SSSR count). The van der Waals surface area contributed by atoms with Crippen molar-refractivity contribution in [2.24, 2.45) is 0 Å². The van der Waals surface area contributed by atoms with Gasteiger partial charge in [0.2, 0.25) is 11.3 Å². The zero-order valence-electron chi connectivity index (χ0n) is 15.9. The molecule has 1 aliphatic rings. The summed E-state index contributed by atoms with van der Waals surface area (Å²) in [7, 11) is 1.57. The van der Waals surface area contributed by atoms with E-state index in [1.54, 1.807) is 25.3 Å². The minimum Gasteiger partial charge on any atom is -0.496 e. The molecule has 0 saturated carbocycles. The number of rotatable bonds is 5. The van der Waals surface area contributed by atoms with Crippen LogP contribution in [0.4, 0.5) is 11.6 Å². The zero-order chi connectivity index (χ0) is 20.4. The number of ether oxygens (including phenoxy) is 2. The minimum absolute atomic E-state index is 0.0842. The lowest BCUT2D eigenvalue weighted by Crippen LogP contribution is -2.36. The maximum absolute atomic E-state index is 12.7. The standard InChI is InChI=1S/C21H20N2O5S/c1-3-18(25)22-13-4-5-17(26-2)14(10-13)15-12-29-21-16(24)11-19(28-20(15)21)23-6-8-27-9-7-23/h3-5,10-12H,1,6-9H2,2H3,(H,22,25). The number of carbonyl (C=O) groups is 1. The Hall–Kier alpha value is -3.10. The average Bonchev–Trinajstić information content (AvgIpc) is 3.18. The van der Waals surface area contributed by atoms with Crippen LogP contribution >= 0.6 is 11.3 Å². The first-order valence-electron chi connectivity index (χ1n) is 9.10. The molecule has 8 heteroatoms. The van der Waals surface area contributed by atoms with Gasteiger partial charge in [-0.1, -0.05) is 6.58 Å². The van der Waals surface area contributed by atoms with Gasteiger partial charge in [-0.15, -0.1) is 11.3 Å². The van der Waals surface area contributed by atoms with Gasteiger partial charge in [0, 0.05) is 41.4 Å². The third-order valence-corrected chi connectivity index (χ3v) is 5.67. The van der Waals surface area contributed by atoms with Gasteiger partial charge < -0.3 is 24.1 Å². The van der Waals surface area contributed by atoms with Crippen LogP contribution in [0.15, 0.2) is 51.5 Å². The molecule has 0 radical (unpaired) electrons. The molecule has 0 aliphatic carbocycles. The number of carbonyl (C=O) groups excluding carboxylic acids is 1. The second-order valence-corrected chi connectivity index (χ2v) is 7.34. The molecule has 0 atom stereocenters. The van der Waals surface area contributed by atoms with Gasteiger partial charge in [0.05, 0.1) is 20.3 Å². The molecule has 29 heavy (non-hydrogen) atoms. The van der Waals surface area contributed by atoms with Crippen LogP contribution in [0.2, 0.25) is 0 Å². The van der Waals surface area contributed by atoms with Gasteiger partial charge in [0.1, 0.15) is 10.4 Å². The number of benzene rings is 1. The van der Waals surface area contributed by atoms with Crippen molar-refractivity contribution in [3.63, 3.8) is 0 Å². The summed E-state index contributed by atoms with van der Waals surface area (Å²) in [5, 5.41) is 4.61. The summed E-state index contributed by atoms with van der Waals surface area (Å²) >= 11 is 1.33. The molecule has 1 aromatic carbocycles. The molecule has 0 spiro atoms. The first-order chi connectivity index (χ1) is 14.1. The molecule has 150 valence electrons. The molecule has 3 aromatic rings. The Bertz CT molecular complexity index is 1130. The lowest BCUT2D eigenvalue weighted by atomic mass is 10.1. The van der Waals surface area contributed by atoms with Gasteiger partial charge in [-0.05, 0) is 24.3 Å². The summed E-state index contributed by atoms with van der Waals surface area (Å²) in [4.78, 5) is 26.4. The molecule has 0 unspecified atom stereocenters. The van der Waals surface area contributed by atoms with E-state index in [1.807, 2.05) is 10.3 Å². The van der Waals surface area contributed by atoms with Crippen LogP contribution < -0.4 is 20.4 Å². The lowest BCUT2D eigenvalue weighted by molar-refractivity contribution is -0.111. The molecule has 1 saturated heterocycles. The fourth-order valence-corrected chi connectivity index (χ4v) is 4.15. The monoisotopic (exact) mass is 412 g/mol. The predicted octanol–water partition coefficient (Wildman–Crippen LogP) is 3.49. The van der Waals surface area contributed by atoms with Crippen LogP contribution in [0.5, 0.6) is 5.75 Å². The number of hydrogen-bond acceptors (Lipinski definition) is 7. The van der Waals surface area contributed by atoms with Gasteiger partial charge in [-0.2, -0.15) is 0 Å². The van der Waals surface area contributed by atoms with Crippen molar-refractivity contribution in [2.45, 2.75) is 0 Å². The SMILES string of the molecule is C=CC(=O)Nc1ccc(OC)c(-c2csc3c(=O)cc(N4CCOCC4)oc23)c1. The van der Waals surface area contributed by atoms with Crippen molar-refractivity contribution >= 4 is 39.1 Å². The Kier molecular flexibility index (Phi) is 5.37. The normalized spacial score (nSPS) is 14.0. The predicted molar refractivity (Wildman–Crippen MR) is 114 cm³/mol. The highest BCUT2D eigenvalue weighted by atomic mass is 32.1. The Morgan fingerprint density at radius 2 is 2.07 bits per heavy atom. The molecule has 2 aromatic heterocycles. The van der Waals surface area contributed by atoms with E-state index in [9.17, 15) is 9.59 Å². The Balaban J connectivity index is 1.84. The third kappa shape index (κ3) is 3.76. The third-order valence-electron chi connectivity index (χ3n) is 4.70. The highest BCUT2D eigenvalue weighted by Gasteiger charge is 2.20. The highest BCUT2D eigenvalue weighted by Crippen LogP contribution is 2.40. The smallest absolute Gasteiger partial charge is 0.247 e. The molecular weight excluding hydrogens is 392 g/mol. The van der Waals surface area contributed by atoms with E-state index in [4.69, 9.17) is 13.9 Å². The summed E-state index contributed by atoms with van der Waals surface area (Å²) in [5.74, 6) is 0.832. The molecule has 1 aliphatic heterocycles. The van der Waals surface area contributed by atoms with Crippen molar-refractivity contribution < 1.29 is 18.7 Å². The fourth-order valence-electron chi connectivity index (χ4n) is 3.25. The summed E-state index contributed by atoms with van der Waals surface area (Å²) in [6.07, 6.45) is 1.21. The number of hydrogen-bond donors (Lipinski definition) is 1. The van der Waals surface area contributed by atoms with Crippen molar-refractivity contribution in [2.75, 3.05) is 43.6 Å². The van der Waals surface area contributed by atoms with Crippen LogP contribution in [-0.4, -0.2) is 39.3 Å². The fraction of sp³-hybridized carbons (Fsp3) is 0.238. The van der Waals surface area contributed by atoms with E-state index >= 15 is 0 Å². The molecule has 1 amide bonds. The van der Waals surface area contributed by atoms with Gasteiger partial charge in [0.25, 0.3) is 0 Å². The van der Waals surface area contributed by atoms with Gasteiger partial charge in [-0.25, -0.2) is 0 Å². The van der Waals surface area contributed by atoms with Crippen molar-refractivity contribution in [3.8, 4) is 16.9 Å². The maximum atomic E-state index is 12.7. The van der Waals surface area contributed by atoms with Crippen molar-refractivity contribution in [1.82, 2.24) is 0 Å². The van der Waals surface area contributed by atoms with E-state index in [-0.39, 0.29) is 11.3 Å². The summed E-state index contributed by atoms with van der Waals surface area (Å²) < 4.78 is 17.6. The first kappa shape index (κ1) is 19.2. The first-order valence-corrected chi connectivity index (χ1v) is 9.98.